The molecule has 2 aliphatic rings. The van der Waals surface area contributed by atoms with E-state index in [0.717, 1.165) is 12.8 Å². The fraction of sp³-hybridized carbons (Fsp3) is 0.519. The number of halogens is 9. The van der Waals surface area contributed by atoms with Crippen LogP contribution in [0.1, 0.15) is 68.3 Å². The smallest absolute Gasteiger partial charge is 0.370 e. The van der Waals surface area contributed by atoms with Crippen molar-refractivity contribution in [2.45, 2.75) is 70.0 Å². The van der Waals surface area contributed by atoms with Gasteiger partial charge < -0.3 is 10.2 Å². The number of amides is 1. The Bertz CT molecular complexity index is 1120. The van der Waals surface area contributed by atoms with Gasteiger partial charge in [-0.3, -0.25) is 4.79 Å². The Kier molecular flexibility index (Phi) is 8.57. The highest BCUT2D eigenvalue weighted by molar-refractivity contribution is 5.81. The molecule has 1 amide bonds. The summed E-state index contributed by atoms with van der Waals surface area (Å²) in [5.74, 6) is -0.0825. The normalized spacial score (nSPS) is 20.8. The average molecular weight is 569 g/mol. The van der Waals surface area contributed by atoms with E-state index in [1.165, 1.54) is 17.0 Å². The summed E-state index contributed by atoms with van der Waals surface area (Å²) in [6, 6.07) is 6.09. The molecule has 0 aromatic heterocycles. The molecule has 2 aromatic carbocycles. The second-order valence-corrected chi connectivity index (χ2v) is 9.64. The molecule has 4 rings (SSSR count). The first kappa shape index (κ1) is 30.6. The lowest BCUT2D eigenvalue weighted by molar-refractivity contribution is -0.185. The van der Waals surface area contributed by atoms with Gasteiger partial charge in [0.1, 0.15) is 5.41 Å². The molecule has 1 N–H and O–H groups in total. The van der Waals surface area contributed by atoms with Crippen LogP contribution in [0.25, 0.3) is 0 Å². The van der Waals surface area contributed by atoms with E-state index in [1.807, 2.05) is 13.8 Å². The number of anilines is 1. The van der Waals surface area contributed by atoms with E-state index in [-0.39, 0.29) is 42.6 Å². The lowest BCUT2D eigenvalue weighted by Crippen LogP contribution is -2.45. The summed E-state index contributed by atoms with van der Waals surface area (Å²) in [6.07, 6.45) is -14.7. The molecule has 2 aromatic rings. The van der Waals surface area contributed by atoms with Crippen LogP contribution in [0.2, 0.25) is 0 Å². The largest absolute Gasteiger partial charge is 0.416 e. The molecule has 1 saturated heterocycles. The molecule has 1 heterocycles. The van der Waals surface area contributed by atoms with Gasteiger partial charge >= 0.3 is 18.5 Å². The maximum atomic E-state index is 14.4. The molecule has 2 atom stereocenters. The fourth-order valence-electron chi connectivity index (χ4n) is 4.63. The van der Waals surface area contributed by atoms with Crippen molar-refractivity contribution in [2.24, 2.45) is 5.92 Å². The Morgan fingerprint density at radius 3 is 1.85 bits per heavy atom. The van der Waals surface area contributed by atoms with Gasteiger partial charge in [-0.1, -0.05) is 26.0 Å². The molecule has 3 nitrogen and oxygen atoms in total. The topological polar surface area (TPSA) is 32.3 Å². The second kappa shape index (κ2) is 10.9. The molecule has 0 bridgehead atoms. The molecule has 39 heavy (non-hydrogen) atoms. The van der Waals surface area contributed by atoms with Crippen LogP contribution in [-0.2, 0) is 22.6 Å². The van der Waals surface area contributed by atoms with Crippen LogP contribution < -0.4 is 10.2 Å². The Morgan fingerprint density at radius 1 is 0.897 bits per heavy atom. The van der Waals surface area contributed by atoms with Gasteiger partial charge in [-0.2, -0.15) is 39.5 Å². The van der Waals surface area contributed by atoms with Crippen LogP contribution in [0.4, 0.5) is 45.2 Å². The van der Waals surface area contributed by atoms with Crippen LogP contribution in [-0.4, -0.2) is 25.2 Å². The molecular weight excluding hydrogens is 539 g/mol. The summed E-state index contributed by atoms with van der Waals surface area (Å²) < 4.78 is 123. The Hall–Kier alpha value is -2.92. The predicted octanol–water partition coefficient (Wildman–Crippen LogP) is 8.05. The van der Waals surface area contributed by atoms with Gasteiger partial charge in [0.25, 0.3) is 0 Å². The van der Waals surface area contributed by atoms with E-state index in [2.05, 4.69) is 5.32 Å². The molecule has 0 radical (unpaired) electrons. The van der Waals surface area contributed by atoms with Gasteiger partial charge in [-0.25, -0.2) is 0 Å². The highest BCUT2D eigenvalue weighted by Gasteiger charge is 2.60. The lowest BCUT2D eigenvalue weighted by atomic mass is 9.77. The van der Waals surface area contributed by atoms with Crippen molar-refractivity contribution in [3.8, 4) is 0 Å². The maximum absolute atomic E-state index is 14.4. The number of nitrogens with zero attached hydrogens (tertiary/aromatic N) is 1. The molecule has 2 unspecified atom stereocenters. The predicted molar refractivity (Wildman–Crippen MR) is 128 cm³/mol. The third kappa shape index (κ3) is 6.63. The second-order valence-electron chi connectivity index (χ2n) is 9.64. The van der Waals surface area contributed by atoms with Crippen molar-refractivity contribution >= 4 is 11.6 Å². The quantitative estimate of drug-likeness (QED) is 0.370. The van der Waals surface area contributed by atoms with Crippen molar-refractivity contribution in [1.82, 2.24) is 5.32 Å². The maximum Gasteiger partial charge on any atom is 0.416 e. The first-order valence-corrected chi connectivity index (χ1v) is 12.5. The lowest BCUT2D eigenvalue weighted by Gasteiger charge is -2.33. The highest BCUT2D eigenvalue weighted by atomic mass is 19.4. The number of nitrogens with one attached hydrogen (secondary N) is 1. The Balaban J connectivity index is 0.00000205. The van der Waals surface area contributed by atoms with Crippen LogP contribution in [0.15, 0.2) is 42.5 Å². The summed E-state index contributed by atoms with van der Waals surface area (Å²) in [4.78, 5) is 13.3. The van der Waals surface area contributed by atoms with E-state index >= 15 is 0 Å². The minimum Gasteiger partial charge on any atom is -0.370 e. The van der Waals surface area contributed by atoms with Crippen molar-refractivity contribution in [2.75, 3.05) is 18.0 Å². The van der Waals surface area contributed by atoms with Crippen molar-refractivity contribution < 1.29 is 44.3 Å². The number of rotatable bonds is 5. The number of carbonyl (C=O) groups is 1. The van der Waals surface area contributed by atoms with Crippen LogP contribution in [0.3, 0.4) is 0 Å². The van der Waals surface area contributed by atoms with Gasteiger partial charge in [0, 0.05) is 24.7 Å². The minimum atomic E-state index is -5.26. The van der Waals surface area contributed by atoms with E-state index < -0.39 is 53.6 Å². The van der Waals surface area contributed by atoms with Gasteiger partial charge in [0.2, 0.25) is 5.91 Å². The standard InChI is InChI=1S/C25H23F9N2O.C2H6/c1-14(35-21(37)16-2-3-16)15-4-6-20(7-5-15)36-9-8-22(13-36,25(32,33)34)17-10-18(23(26,27)28)12-19(11-17)24(29,30)31;1-2/h4-7,10-12,14,16H,2-3,8-9,13H2,1H3,(H,35,37);1-2H3. The van der Waals surface area contributed by atoms with E-state index in [4.69, 9.17) is 0 Å². The zero-order valence-electron chi connectivity index (χ0n) is 21.5. The molecule has 1 saturated carbocycles. The van der Waals surface area contributed by atoms with Crippen LogP contribution in [0.5, 0.6) is 0 Å². The van der Waals surface area contributed by atoms with Gasteiger partial charge in [-0.15, -0.1) is 0 Å². The number of carbonyl (C=O) groups excluding carboxylic acids is 1. The van der Waals surface area contributed by atoms with Crippen molar-refractivity contribution in [3.63, 3.8) is 0 Å². The summed E-state index contributed by atoms with van der Waals surface area (Å²) in [7, 11) is 0. The van der Waals surface area contributed by atoms with E-state index in [0.29, 0.717) is 11.3 Å². The van der Waals surface area contributed by atoms with E-state index in [9.17, 15) is 44.3 Å². The first-order chi connectivity index (χ1) is 18.0. The molecular formula is C27H29F9N2O. The third-order valence-electron chi connectivity index (χ3n) is 7.02. The average Bonchev–Trinajstić information content (AvgIpc) is 3.61. The van der Waals surface area contributed by atoms with Crippen molar-refractivity contribution in [1.29, 1.82) is 0 Å². The van der Waals surface area contributed by atoms with Gasteiger partial charge in [-0.05, 0) is 67.6 Å². The van der Waals surface area contributed by atoms with Crippen molar-refractivity contribution in [3.05, 3.63) is 64.7 Å². The Labute approximate surface area is 220 Å². The number of hydrogen-bond acceptors (Lipinski definition) is 2. The van der Waals surface area contributed by atoms with Gasteiger partial charge in [0.15, 0.2) is 0 Å². The summed E-state index contributed by atoms with van der Waals surface area (Å²) in [6.45, 7) is 4.68. The zero-order chi connectivity index (χ0) is 29.4. The zero-order valence-corrected chi connectivity index (χ0v) is 21.5. The molecule has 12 heteroatoms. The molecule has 216 valence electrons. The number of hydrogen-bond donors (Lipinski definition) is 1. The summed E-state index contributed by atoms with van der Waals surface area (Å²) >= 11 is 0. The number of alkyl halides is 9. The monoisotopic (exact) mass is 568 g/mol. The molecule has 0 spiro atoms. The highest BCUT2D eigenvalue weighted by Crippen LogP contribution is 2.50. The van der Waals surface area contributed by atoms with Gasteiger partial charge in [0.05, 0.1) is 17.2 Å². The first-order valence-electron chi connectivity index (χ1n) is 12.5. The summed E-state index contributed by atoms with van der Waals surface area (Å²) in [5.41, 5.74) is -6.54. The van der Waals surface area contributed by atoms with Crippen LogP contribution >= 0.6 is 0 Å². The number of benzene rings is 2. The Morgan fingerprint density at radius 2 is 1.41 bits per heavy atom. The SMILES string of the molecule is CC.CC(NC(=O)C1CC1)c1ccc(N2CCC(c3cc(C(F)(F)F)cc(C(F)(F)F)c3)(C(F)(F)F)C2)cc1. The van der Waals surface area contributed by atoms with E-state index in [1.54, 1.807) is 19.1 Å². The summed E-state index contributed by atoms with van der Waals surface area (Å²) in [5, 5.41) is 2.85. The molecule has 2 fully saturated rings. The molecule has 1 aliphatic heterocycles. The third-order valence-corrected chi connectivity index (χ3v) is 7.02. The molecule has 1 aliphatic carbocycles. The fourth-order valence-corrected chi connectivity index (χ4v) is 4.63. The minimum absolute atomic E-state index is 0.00414. The van der Waals surface area contributed by atoms with Crippen LogP contribution in [0, 0.1) is 5.92 Å².